The number of para-hydroxylation sites is 1. The molecule has 1 aromatic heterocycles. The Morgan fingerprint density at radius 3 is 3.00 bits per heavy atom. The largest absolute Gasteiger partial charge is 0.365 e. The smallest absolute Gasteiger partial charge is 0.144 e. The number of rotatable bonds is 3. The van der Waals surface area contributed by atoms with Crippen LogP contribution in [0.4, 0.5) is 5.82 Å². The summed E-state index contributed by atoms with van der Waals surface area (Å²) >= 11 is 1.90. The Bertz CT molecular complexity index is 662. The van der Waals surface area contributed by atoms with Gasteiger partial charge in [-0.15, -0.1) is 0 Å². The highest BCUT2D eigenvalue weighted by atomic mass is 32.2. The lowest BCUT2D eigenvalue weighted by Gasteiger charge is -2.20. The van der Waals surface area contributed by atoms with E-state index >= 15 is 0 Å². The maximum Gasteiger partial charge on any atom is 0.144 e. The van der Waals surface area contributed by atoms with E-state index in [-0.39, 0.29) is 0 Å². The van der Waals surface area contributed by atoms with Gasteiger partial charge in [0.25, 0.3) is 0 Å². The average molecular weight is 283 g/mol. The highest BCUT2D eigenvalue weighted by molar-refractivity contribution is 7.99. The molecule has 3 rings (SSSR count). The van der Waals surface area contributed by atoms with Crippen LogP contribution in [0.5, 0.6) is 0 Å². The lowest BCUT2D eigenvalue weighted by molar-refractivity contribution is 0.764. The summed E-state index contributed by atoms with van der Waals surface area (Å²) in [7, 11) is 0. The number of hydrogen-bond donors (Lipinski definition) is 1. The van der Waals surface area contributed by atoms with Gasteiger partial charge in [-0.2, -0.15) is 17.0 Å². The van der Waals surface area contributed by atoms with E-state index in [1.165, 1.54) is 12.8 Å². The quantitative estimate of drug-likeness (QED) is 0.930. The van der Waals surface area contributed by atoms with Crippen molar-refractivity contribution in [3.05, 3.63) is 35.9 Å². The third-order valence-corrected chi connectivity index (χ3v) is 5.09. The molecular weight excluding hydrogens is 266 g/mol. The number of benzene rings is 1. The summed E-state index contributed by atoms with van der Waals surface area (Å²) in [5.41, 5.74) is 1.57. The van der Waals surface area contributed by atoms with Gasteiger partial charge in [0.1, 0.15) is 11.9 Å². The SMILES string of the molecule is CSC1CCCC1Nc1nc2ccccc2cc1C#N. The van der Waals surface area contributed by atoms with Crippen LogP contribution in [-0.2, 0) is 0 Å². The van der Waals surface area contributed by atoms with E-state index in [2.05, 4.69) is 22.6 Å². The summed E-state index contributed by atoms with van der Waals surface area (Å²) in [6.45, 7) is 0. The summed E-state index contributed by atoms with van der Waals surface area (Å²) in [5.74, 6) is 0.733. The number of nitriles is 1. The van der Waals surface area contributed by atoms with Crippen LogP contribution in [-0.4, -0.2) is 22.5 Å². The molecule has 3 nitrogen and oxygen atoms in total. The van der Waals surface area contributed by atoms with Gasteiger partial charge in [0, 0.05) is 16.7 Å². The first-order chi connectivity index (χ1) is 9.81. The molecule has 1 aliphatic carbocycles. The van der Waals surface area contributed by atoms with Gasteiger partial charge in [-0.25, -0.2) is 4.98 Å². The zero-order chi connectivity index (χ0) is 13.9. The molecule has 1 N–H and O–H groups in total. The van der Waals surface area contributed by atoms with Crippen LogP contribution in [0.15, 0.2) is 30.3 Å². The standard InChI is InChI=1S/C16H17N3S/c1-20-15-8-4-7-14(15)19-16-12(10-17)9-11-5-2-3-6-13(11)18-16/h2-3,5-6,9,14-15H,4,7-8H2,1H3,(H,18,19). The summed E-state index contributed by atoms with van der Waals surface area (Å²) in [5, 5.41) is 14.5. The Morgan fingerprint density at radius 1 is 1.35 bits per heavy atom. The van der Waals surface area contributed by atoms with Crippen LogP contribution >= 0.6 is 11.8 Å². The monoisotopic (exact) mass is 283 g/mol. The molecule has 1 heterocycles. The third-order valence-electron chi connectivity index (χ3n) is 3.92. The highest BCUT2D eigenvalue weighted by Gasteiger charge is 2.27. The van der Waals surface area contributed by atoms with E-state index in [1.54, 1.807) is 0 Å². The second kappa shape index (κ2) is 5.72. The number of aromatic nitrogens is 1. The number of anilines is 1. The summed E-state index contributed by atoms with van der Waals surface area (Å²) in [6.07, 6.45) is 5.81. The number of pyridine rings is 1. The predicted octanol–water partition coefficient (Wildman–Crippen LogP) is 3.80. The summed E-state index contributed by atoms with van der Waals surface area (Å²) < 4.78 is 0. The van der Waals surface area contributed by atoms with Crippen LogP contribution in [0.1, 0.15) is 24.8 Å². The minimum atomic E-state index is 0.422. The van der Waals surface area contributed by atoms with E-state index in [0.29, 0.717) is 16.9 Å². The Kier molecular flexibility index (Phi) is 3.79. The van der Waals surface area contributed by atoms with E-state index < -0.39 is 0 Å². The van der Waals surface area contributed by atoms with Gasteiger partial charge >= 0.3 is 0 Å². The normalized spacial score (nSPS) is 21.8. The predicted molar refractivity (Wildman–Crippen MR) is 85.0 cm³/mol. The lowest BCUT2D eigenvalue weighted by atomic mass is 10.1. The minimum Gasteiger partial charge on any atom is -0.365 e. The van der Waals surface area contributed by atoms with Crippen LogP contribution in [0.25, 0.3) is 10.9 Å². The molecule has 4 heteroatoms. The zero-order valence-electron chi connectivity index (χ0n) is 11.5. The Labute approximate surface area is 123 Å². The molecule has 0 bridgehead atoms. The van der Waals surface area contributed by atoms with Gasteiger partial charge in [0.2, 0.25) is 0 Å². The lowest BCUT2D eigenvalue weighted by Crippen LogP contribution is -2.26. The molecule has 0 amide bonds. The van der Waals surface area contributed by atoms with Crippen molar-refractivity contribution in [3.63, 3.8) is 0 Å². The second-order valence-electron chi connectivity index (χ2n) is 5.14. The average Bonchev–Trinajstić information content (AvgIpc) is 2.93. The van der Waals surface area contributed by atoms with Crippen molar-refractivity contribution < 1.29 is 0 Å². The fourth-order valence-electron chi connectivity index (χ4n) is 2.86. The molecule has 1 aliphatic rings. The first-order valence-electron chi connectivity index (χ1n) is 6.91. The molecule has 2 aromatic rings. The van der Waals surface area contributed by atoms with Crippen LogP contribution in [0.2, 0.25) is 0 Å². The van der Waals surface area contributed by atoms with Crippen molar-refractivity contribution >= 4 is 28.5 Å². The number of nitrogens with one attached hydrogen (secondary N) is 1. The highest BCUT2D eigenvalue weighted by Crippen LogP contribution is 2.31. The van der Waals surface area contributed by atoms with Crippen molar-refractivity contribution in [1.29, 1.82) is 5.26 Å². The molecular formula is C16H17N3S. The van der Waals surface area contributed by atoms with E-state index in [4.69, 9.17) is 0 Å². The Hall–Kier alpha value is -1.73. The van der Waals surface area contributed by atoms with Gasteiger partial charge < -0.3 is 5.32 Å². The Morgan fingerprint density at radius 2 is 2.20 bits per heavy atom. The molecule has 0 spiro atoms. The summed E-state index contributed by atoms with van der Waals surface area (Å²) in [6, 6.07) is 12.5. The zero-order valence-corrected chi connectivity index (χ0v) is 12.3. The second-order valence-corrected chi connectivity index (χ2v) is 6.22. The first kappa shape index (κ1) is 13.3. The topological polar surface area (TPSA) is 48.7 Å². The molecule has 0 radical (unpaired) electrons. The molecule has 2 atom stereocenters. The molecule has 1 saturated carbocycles. The van der Waals surface area contributed by atoms with Crippen molar-refractivity contribution in [2.45, 2.75) is 30.6 Å². The molecule has 20 heavy (non-hydrogen) atoms. The maximum absolute atomic E-state index is 9.34. The van der Waals surface area contributed by atoms with E-state index in [9.17, 15) is 5.26 Å². The molecule has 0 aliphatic heterocycles. The molecule has 0 saturated heterocycles. The van der Waals surface area contributed by atoms with Gasteiger partial charge in [0.05, 0.1) is 11.1 Å². The number of fused-ring (bicyclic) bond motifs is 1. The van der Waals surface area contributed by atoms with Crippen molar-refractivity contribution in [1.82, 2.24) is 4.98 Å². The van der Waals surface area contributed by atoms with E-state index in [0.717, 1.165) is 23.1 Å². The van der Waals surface area contributed by atoms with Crippen LogP contribution in [0.3, 0.4) is 0 Å². The minimum absolute atomic E-state index is 0.422. The Balaban J connectivity index is 1.96. The molecule has 102 valence electrons. The van der Waals surface area contributed by atoms with Crippen LogP contribution < -0.4 is 5.32 Å². The van der Waals surface area contributed by atoms with Crippen molar-refractivity contribution in [2.75, 3.05) is 11.6 Å². The number of hydrogen-bond acceptors (Lipinski definition) is 4. The maximum atomic E-state index is 9.34. The molecule has 1 aromatic carbocycles. The van der Waals surface area contributed by atoms with Crippen molar-refractivity contribution in [3.8, 4) is 6.07 Å². The molecule has 2 unspecified atom stereocenters. The van der Waals surface area contributed by atoms with Gasteiger partial charge in [-0.3, -0.25) is 0 Å². The van der Waals surface area contributed by atoms with Gasteiger partial charge in [-0.05, 0) is 31.2 Å². The first-order valence-corrected chi connectivity index (χ1v) is 8.20. The van der Waals surface area contributed by atoms with Gasteiger partial charge in [-0.1, -0.05) is 24.6 Å². The van der Waals surface area contributed by atoms with E-state index in [1.807, 2.05) is 42.1 Å². The fourth-order valence-corrected chi connectivity index (χ4v) is 3.80. The van der Waals surface area contributed by atoms with Gasteiger partial charge in [0.15, 0.2) is 0 Å². The fraction of sp³-hybridized carbons (Fsp3) is 0.375. The van der Waals surface area contributed by atoms with Crippen LogP contribution in [0, 0.1) is 11.3 Å². The third kappa shape index (κ3) is 2.46. The number of nitrogens with zero attached hydrogens (tertiary/aromatic N) is 2. The van der Waals surface area contributed by atoms with Crippen molar-refractivity contribution in [2.24, 2.45) is 0 Å². The number of thioether (sulfide) groups is 1. The summed E-state index contributed by atoms with van der Waals surface area (Å²) in [4.78, 5) is 4.64. The molecule has 1 fully saturated rings.